The summed E-state index contributed by atoms with van der Waals surface area (Å²) in [6, 6.07) is 5.79. The van der Waals surface area contributed by atoms with E-state index < -0.39 is 0 Å². The molecule has 0 N–H and O–H groups in total. The van der Waals surface area contributed by atoms with Crippen LogP contribution in [0.3, 0.4) is 0 Å². The molecule has 0 atom stereocenters. The van der Waals surface area contributed by atoms with E-state index in [1.165, 1.54) is 0 Å². The Balaban J connectivity index is 2.10. The highest BCUT2D eigenvalue weighted by molar-refractivity contribution is 5.81. The first-order valence-corrected chi connectivity index (χ1v) is 7.63. The van der Waals surface area contributed by atoms with E-state index in [9.17, 15) is 4.79 Å². The van der Waals surface area contributed by atoms with Crippen molar-refractivity contribution < 1.29 is 14.3 Å². The first kappa shape index (κ1) is 16.5. The number of rotatable bonds is 3. The van der Waals surface area contributed by atoms with Crippen LogP contribution in [0, 0.1) is 5.41 Å². The summed E-state index contributed by atoms with van der Waals surface area (Å²) >= 11 is 0. The number of carbonyl (C=O) groups excluding carboxylic acids is 1. The van der Waals surface area contributed by atoms with Gasteiger partial charge in [0.2, 0.25) is 5.91 Å². The van der Waals surface area contributed by atoms with Gasteiger partial charge < -0.3 is 19.3 Å². The van der Waals surface area contributed by atoms with Crippen LogP contribution < -0.4 is 14.4 Å². The fourth-order valence-electron chi connectivity index (χ4n) is 2.67. The van der Waals surface area contributed by atoms with Crippen molar-refractivity contribution in [2.45, 2.75) is 20.8 Å². The molecule has 0 radical (unpaired) electrons. The van der Waals surface area contributed by atoms with Gasteiger partial charge >= 0.3 is 0 Å². The summed E-state index contributed by atoms with van der Waals surface area (Å²) in [5, 5.41) is 0. The summed E-state index contributed by atoms with van der Waals surface area (Å²) in [5.41, 5.74) is 0.695. The smallest absolute Gasteiger partial charge is 0.228 e. The molecule has 0 unspecified atom stereocenters. The predicted molar refractivity (Wildman–Crippen MR) is 87.8 cm³/mol. The van der Waals surface area contributed by atoms with Gasteiger partial charge in [-0.15, -0.1) is 0 Å². The van der Waals surface area contributed by atoms with Gasteiger partial charge in [-0.1, -0.05) is 20.8 Å². The molecular formula is C17H26N2O3. The second kappa shape index (κ2) is 6.46. The van der Waals surface area contributed by atoms with Crippen molar-refractivity contribution in [3.63, 3.8) is 0 Å². The van der Waals surface area contributed by atoms with Crippen molar-refractivity contribution in [2.75, 3.05) is 45.3 Å². The van der Waals surface area contributed by atoms with E-state index in [1.54, 1.807) is 14.2 Å². The average Bonchev–Trinajstić information content (AvgIpc) is 2.52. The van der Waals surface area contributed by atoms with E-state index in [0.717, 1.165) is 43.4 Å². The number of methoxy groups -OCH3 is 2. The lowest BCUT2D eigenvalue weighted by molar-refractivity contribution is -0.139. The van der Waals surface area contributed by atoms with Crippen molar-refractivity contribution in [1.29, 1.82) is 0 Å². The number of ether oxygens (including phenoxy) is 2. The van der Waals surface area contributed by atoms with Gasteiger partial charge in [-0.05, 0) is 12.1 Å². The number of amides is 1. The summed E-state index contributed by atoms with van der Waals surface area (Å²) in [7, 11) is 3.33. The van der Waals surface area contributed by atoms with Crippen LogP contribution in [0.15, 0.2) is 18.2 Å². The highest BCUT2D eigenvalue weighted by Gasteiger charge is 2.30. The molecule has 1 aliphatic heterocycles. The Bertz CT molecular complexity index is 529. The van der Waals surface area contributed by atoms with Gasteiger partial charge in [0.15, 0.2) is 0 Å². The van der Waals surface area contributed by atoms with Gasteiger partial charge in [0, 0.05) is 37.7 Å². The maximum absolute atomic E-state index is 12.3. The number of benzene rings is 1. The number of hydrogen-bond acceptors (Lipinski definition) is 4. The van der Waals surface area contributed by atoms with E-state index in [-0.39, 0.29) is 11.3 Å². The Morgan fingerprint density at radius 2 is 1.68 bits per heavy atom. The Morgan fingerprint density at radius 3 is 2.18 bits per heavy atom. The lowest BCUT2D eigenvalue weighted by Gasteiger charge is -2.39. The van der Waals surface area contributed by atoms with E-state index in [2.05, 4.69) is 4.90 Å². The summed E-state index contributed by atoms with van der Waals surface area (Å²) in [4.78, 5) is 16.5. The first-order chi connectivity index (χ1) is 10.4. The van der Waals surface area contributed by atoms with Crippen molar-refractivity contribution in [1.82, 2.24) is 4.90 Å². The van der Waals surface area contributed by atoms with Crippen LogP contribution >= 0.6 is 0 Å². The van der Waals surface area contributed by atoms with Crippen LogP contribution in [0.1, 0.15) is 20.8 Å². The van der Waals surface area contributed by atoms with Gasteiger partial charge in [0.1, 0.15) is 11.5 Å². The highest BCUT2D eigenvalue weighted by atomic mass is 16.5. The fraction of sp³-hybridized carbons (Fsp3) is 0.588. The van der Waals surface area contributed by atoms with Gasteiger partial charge in [0.25, 0.3) is 0 Å². The molecular weight excluding hydrogens is 280 g/mol. The minimum absolute atomic E-state index is 0.213. The van der Waals surface area contributed by atoms with Gasteiger partial charge in [-0.25, -0.2) is 0 Å². The zero-order valence-corrected chi connectivity index (χ0v) is 14.2. The average molecular weight is 306 g/mol. The third kappa shape index (κ3) is 3.46. The fourth-order valence-corrected chi connectivity index (χ4v) is 2.67. The second-order valence-corrected chi connectivity index (χ2v) is 6.57. The van der Waals surface area contributed by atoms with Gasteiger partial charge in [-0.2, -0.15) is 0 Å². The second-order valence-electron chi connectivity index (χ2n) is 6.57. The van der Waals surface area contributed by atoms with Crippen molar-refractivity contribution >= 4 is 11.6 Å². The molecule has 5 nitrogen and oxygen atoms in total. The maximum Gasteiger partial charge on any atom is 0.228 e. The van der Waals surface area contributed by atoms with Crippen molar-refractivity contribution in [2.24, 2.45) is 5.41 Å². The minimum Gasteiger partial charge on any atom is -0.497 e. The van der Waals surface area contributed by atoms with Crippen LogP contribution in [-0.4, -0.2) is 51.2 Å². The molecule has 0 spiro atoms. The summed E-state index contributed by atoms with van der Waals surface area (Å²) in [6.45, 7) is 8.95. The normalized spacial score (nSPS) is 15.7. The molecule has 0 bridgehead atoms. The summed E-state index contributed by atoms with van der Waals surface area (Å²) in [6.07, 6.45) is 0. The molecule has 2 rings (SSSR count). The molecule has 1 heterocycles. The number of carbonyl (C=O) groups is 1. The van der Waals surface area contributed by atoms with Crippen LogP contribution in [0.2, 0.25) is 0 Å². The Kier molecular flexibility index (Phi) is 4.84. The maximum atomic E-state index is 12.3. The van der Waals surface area contributed by atoms with Crippen molar-refractivity contribution in [3.05, 3.63) is 18.2 Å². The molecule has 1 fully saturated rings. The van der Waals surface area contributed by atoms with Gasteiger partial charge in [0.05, 0.1) is 19.9 Å². The van der Waals surface area contributed by atoms with Crippen LogP contribution in [0.25, 0.3) is 0 Å². The zero-order valence-electron chi connectivity index (χ0n) is 14.2. The van der Waals surface area contributed by atoms with E-state index in [4.69, 9.17) is 9.47 Å². The molecule has 1 saturated heterocycles. The molecule has 122 valence electrons. The molecule has 0 aromatic heterocycles. The lowest BCUT2D eigenvalue weighted by Crippen LogP contribution is -2.51. The van der Waals surface area contributed by atoms with Crippen LogP contribution in [0.4, 0.5) is 5.69 Å². The largest absolute Gasteiger partial charge is 0.497 e. The topological polar surface area (TPSA) is 42.0 Å². The Hall–Kier alpha value is -1.91. The lowest BCUT2D eigenvalue weighted by atomic mass is 9.94. The minimum atomic E-state index is -0.324. The Morgan fingerprint density at radius 1 is 1.05 bits per heavy atom. The molecule has 5 heteroatoms. The SMILES string of the molecule is COc1ccc(OC)c(N2CCN(C(=O)C(C)(C)C)CC2)c1. The standard InChI is InChI=1S/C17H26N2O3/c1-17(2,3)16(20)19-10-8-18(9-11-19)14-12-13(21-4)6-7-15(14)22-5/h6-7,12H,8-11H2,1-5H3. The zero-order chi connectivity index (χ0) is 16.3. The van der Waals surface area contributed by atoms with E-state index >= 15 is 0 Å². The summed E-state index contributed by atoms with van der Waals surface area (Å²) in [5.74, 6) is 1.85. The monoisotopic (exact) mass is 306 g/mol. The van der Waals surface area contributed by atoms with E-state index in [0.29, 0.717) is 0 Å². The first-order valence-electron chi connectivity index (χ1n) is 7.63. The molecule has 1 amide bonds. The van der Waals surface area contributed by atoms with Gasteiger partial charge in [-0.3, -0.25) is 4.79 Å². The molecule has 1 aromatic rings. The van der Waals surface area contributed by atoms with E-state index in [1.807, 2.05) is 43.9 Å². The Labute approximate surface area is 132 Å². The highest BCUT2D eigenvalue weighted by Crippen LogP contribution is 2.33. The molecule has 1 aliphatic rings. The molecule has 1 aromatic carbocycles. The van der Waals surface area contributed by atoms with Crippen LogP contribution in [0.5, 0.6) is 11.5 Å². The quantitative estimate of drug-likeness (QED) is 0.860. The molecule has 22 heavy (non-hydrogen) atoms. The van der Waals surface area contributed by atoms with Crippen LogP contribution in [-0.2, 0) is 4.79 Å². The summed E-state index contributed by atoms with van der Waals surface area (Å²) < 4.78 is 10.8. The molecule has 0 aliphatic carbocycles. The molecule has 0 saturated carbocycles. The number of hydrogen-bond donors (Lipinski definition) is 0. The predicted octanol–water partition coefficient (Wildman–Crippen LogP) is 2.40. The van der Waals surface area contributed by atoms with Crippen molar-refractivity contribution in [3.8, 4) is 11.5 Å². The third-order valence-electron chi connectivity index (χ3n) is 3.94. The number of anilines is 1. The number of piperazine rings is 1. The third-order valence-corrected chi connectivity index (χ3v) is 3.94. The number of nitrogens with zero attached hydrogens (tertiary/aromatic N) is 2.